The lowest BCUT2D eigenvalue weighted by Gasteiger charge is -2.26. The zero-order valence-electron chi connectivity index (χ0n) is 19.7. The molecule has 0 radical (unpaired) electrons. The standard InChI is InChI=1S/C27H34N6O/c34-27(30-11-4-16-33-14-2-1-3-15-33)21-7-5-20(6-8-21)25-17-26(31-22-9-12-28-18-22)23-19-29-13-10-24(23)32-25/h5-8,10,13,17,19,22,28H,1-4,9,11-12,14-16,18H2,(H,30,34)(H,31,32). The van der Waals surface area contributed by atoms with Crippen molar-refractivity contribution in [2.45, 2.75) is 38.1 Å². The number of carbonyl (C=O) groups excluding carboxylic acids is 1. The molecule has 0 bridgehead atoms. The summed E-state index contributed by atoms with van der Waals surface area (Å²) in [7, 11) is 0. The molecule has 0 spiro atoms. The van der Waals surface area contributed by atoms with Gasteiger partial charge in [-0.15, -0.1) is 0 Å². The van der Waals surface area contributed by atoms with E-state index in [0.29, 0.717) is 18.2 Å². The van der Waals surface area contributed by atoms with Gasteiger partial charge in [-0.2, -0.15) is 0 Å². The molecule has 2 saturated heterocycles. The largest absolute Gasteiger partial charge is 0.380 e. The quantitative estimate of drug-likeness (QED) is 0.447. The van der Waals surface area contributed by atoms with Crippen LogP contribution >= 0.6 is 0 Å². The summed E-state index contributed by atoms with van der Waals surface area (Å²) in [6.45, 7) is 6.17. The fourth-order valence-corrected chi connectivity index (χ4v) is 4.92. The lowest BCUT2D eigenvalue weighted by molar-refractivity contribution is 0.0951. The first-order valence-corrected chi connectivity index (χ1v) is 12.6. The fourth-order valence-electron chi connectivity index (χ4n) is 4.92. The van der Waals surface area contributed by atoms with Gasteiger partial charge in [-0.1, -0.05) is 18.6 Å². The van der Waals surface area contributed by atoms with E-state index >= 15 is 0 Å². The summed E-state index contributed by atoms with van der Waals surface area (Å²) in [6.07, 6.45) is 9.69. The maximum absolute atomic E-state index is 12.6. The van der Waals surface area contributed by atoms with Gasteiger partial charge in [-0.3, -0.25) is 9.78 Å². The minimum atomic E-state index is -0.0150. The molecular weight excluding hydrogens is 424 g/mol. The van der Waals surface area contributed by atoms with Crippen molar-refractivity contribution in [3.63, 3.8) is 0 Å². The summed E-state index contributed by atoms with van der Waals surface area (Å²) in [5.74, 6) is -0.0150. The van der Waals surface area contributed by atoms with Crippen LogP contribution in [-0.2, 0) is 0 Å². The first kappa shape index (κ1) is 22.7. The van der Waals surface area contributed by atoms with Gasteiger partial charge < -0.3 is 20.9 Å². The number of anilines is 1. The van der Waals surface area contributed by atoms with Gasteiger partial charge in [0, 0.05) is 53.7 Å². The van der Waals surface area contributed by atoms with Gasteiger partial charge in [-0.05, 0) is 76.1 Å². The second-order valence-electron chi connectivity index (χ2n) is 9.37. The van der Waals surface area contributed by atoms with Gasteiger partial charge in [0.1, 0.15) is 0 Å². The molecule has 2 aliphatic rings. The molecule has 34 heavy (non-hydrogen) atoms. The fraction of sp³-hybridized carbons (Fsp3) is 0.444. The maximum Gasteiger partial charge on any atom is 0.251 e. The lowest BCUT2D eigenvalue weighted by atomic mass is 10.1. The van der Waals surface area contributed by atoms with Crippen LogP contribution in [0.4, 0.5) is 5.69 Å². The number of rotatable bonds is 8. The number of likely N-dealkylation sites (tertiary alicyclic amines) is 1. The molecule has 1 unspecified atom stereocenters. The van der Waals surface area contributed by atoms with Crippen molar-refractivity contribution in [1.82, 2.24) is 25.5 Å². The van der Waals surface area contributed by atoms with E-state index in [1.807, 2.05) is 36.5 Å². The summed E-state index contributed by atoms with van der Waals surface area (Å²) in [5, 5.41) is 11.2. The molecule has 1 amide bonds. The van der Waals surface area contributed by atoms with Crippen molar-refractivity contribution < 1.29 is 4.79 Å². The Hall–Kier alpha value is -3.03. The van der Waals surface area contributed by atoms with Gasteiger partial charge >= 0.3 is 0 Å². The molecule has 1 aromatic carbocycles. The van der Waals surface area contributed by atoms with Gasteiger partial charge in [0.2, 0.25) is 0 Å². The zero-order chi connectivity index (χ0) is 23.2. The predicted molar refractivity (Wildman–Crippen MR) is 137 cm³/mol. The first-order chi connectivity index (χ1) is 16.8. The van der Waals surface area contributed by atoms with E-state index in [1.54, 1.807) is 6.20 Å². The number of hydrogen-bond acceptors (Lipinski definition) is 6. The maximum atomic E-state index is 12.6. The first-order valence-electron chi connectivity index (χ1n) is 12.6. The number of amides is 1. The second kappa shape index (κ2) is 10.9. The van der Waals surface area contributed by atoms with Crippen LogP contribution in [0.1, 0.15) is 42.5 Å². The summed E-state index contributed by atoms with van der Waals surface area (Å²) in [6, 6.07) is 12.2. The molecule has 7 heteroatoms. The summed E-state index contributed by atoms with van der Waals surface area (Å²) in [5.41, 5.74) is 4.53. The molecule has 7 nitrogen and oxygen atoms in total. The summed E-state index contributed by atoms with van der Waals surface area (Å²) >= 11 is 0. The number of aromatic nitrogens is 2. The molecule has 2 aromatic heterocycles. The SMILES string of the molecule is O=C(NCCCN1CCCCC1)c1ccc(-c2cc(NC3CCNC3)c3cnccc3n2)cc1. The molecule has 5 rings (SSSR count). The lowest BCUT2D eigenvalue weighted by Crippen LogP contribution is -2.33. The van der Waals surface area contributed by atoms with E-state index < -0.39 is 0 Å². The third-order valence-corrected chi connectivity index (χ3v) is 6.86. The topological polar surface area (TPSA) is 82.2 Å². The van der Waals surface area contributed by atoms with E-state index in [1.165, 1.54) is 32.4 Å². The van der Waals surface area contributed by atoms with Crippen molar-refractivity contribution in [2.24, 2.45) is 0 Å². The number of piperidine rings is 1. The molecule has 178 valence electrons. The summed E-state index contributed by atoms with van der Waals surface area (Å²) in [4.78, 5) is 24.3. The molecular formula is C27H34N6O. The Labute approximate surface area is 201 Å². The number of benzene rings is 1. The number of hydrogen-bond donors (Lipinski definition) is 3. The van der Waals surface area contributed by atoms with Gasteiger partial charge in [0.15, 0.2) is 0 Å². The number of carbonyl (C=O) groups is 1. The molecule has 4 heterocycles. The normalized spacial score (nSPS) is 18.8. The van der Waals surface area contributed by atoms with Gasteiger partial charge in [0.25, 0.3) is 5.91 Å². The summed E-state index contributed by atoms with van der Waals surface area (Å²) < 4.78 is 0. The third kappa shape index (κ3) is 5.54. The van der Waals surface area contributed by atoms with Crippen molar-refractivity contribution in [3.05, 3.63) is 54.4 Å². The Balaban J connectivity index is 1.24. The van der Waals surface area contributed by atoms with Crippen LogP contribution in [0.2, 0.25) is 0 Å². The zero-order valence-corrected chi connectivity index (χ0v) is 19.7. The Morgan fingerprint density at radius 3 is 2.76 bits per heavy atom. The molecule has 0 aliphatic carbocycles. The Morgan fingerprint density at radius 1 is 1.12 bits per heavy atom. The van der Waals surface area contributed by atoms with Crippen molar-refractivity contribution in [3.8, 4) is 11.3 Å². The van der Waals surface area contributed by atoms with Gasteiger partial charge in [0.05, 0.1) is 11.2 Å². The number of nitrogens with one attached hydrogen (secondary N) is 3. The van der Waals surface area contributed by atoms with E-state index in [2.05, 4.69) is 31.9 Å². The minimum Gasteiger partial charge on any atom is -0.380 e. The van der Waals surface area contributed by atoms with Crippen LogP contribution in [-0.4, -0.2) is 66.1 Å². The van der Waals surface area contributed by atoms with Crippen LogP contribution in [0.5, 0.6) is 0 Å². The minimum absolute atomic E-state index is 0.0150. The van der Waals surface area contributed by atoms with Crippen molar-refractivity contribution >= 4 is 22.5 Å². The van der Waals surface area contributed by atoms with E-state index in [0.717, 1.165) is 60.3 Å². The Bertz CT molecular complexity index is 1100. The van der Waals surface area contributed by atoms with Crippen molar-refractivity contribution in [2.75, 3.05) is 44.6 Å². The third-order valence-electron chi connectivity index (χ3n) is 6.86. The van der Waals surface area contributed by atoms with Crippen molar-refractivity contribution in [1.29, 1.82) is 0 Å². The Morgan fingerprint density at radius 2 is 1.97 bits per heavy atom. The second-order valence-corrected chi connectivity index (χ2v) is 9.37. The molecule has 3 N–H and O–H groups in total. The average molecular weight is 459 g/mol. The highest BCUT2D eigenvalue weighted by atomic mass is 16.1. The number of pyridine rings is 2. The van der Waals surface area contributed by atoms with E-state index in [4.69, 9.17) is 4.98 Å². The van der Waals surface area contributed by atoms with E-state index in [9.17, 15) is 4.79 Å². The monoisotopic (exact) mass is 458 g/mol. The number of nitrogens with zero attached hydrogens (tertiary/aromatic N) is 3. The number of fused-ring (bicyclic) bond motifs is 1. The highest BCUT2D eigenvalue weighted by Gasteiger charge is 2.17. The molecule has 0 saturated carbocycles. The molecule has 3 aromatic rings. The van der Waals surface area contributed by atoms with Crippen LogP contribution in [0.3, 0.4) is 0 Å². The molecule has 1 atom stereocenters. The smallest absolute Gasteiger partial charge is 0.251 e. The van der Waals surface area contributed by atoms with Crippen LogP contribution in [0.15, 0.2) is 48.8 Å². The average Bonchev–Trinajstić information content (AvgIpc) is 3.40. The highest BCUT2D eigenvalue weighted by Crippen LogP contribution is 2.29. The predicted octanol–water partition coefficient (Wildman–Crippen LogP) is 3.68. The van der Waals surface area contributed by atoms with Crippen LogP contribution < -0.4 is 16.0 Å². The van der Waals surface area contributed by atoms with E-state index in [-0.39, 0.29) is 5.91 Å². The molecule has 2 fully saturated rings. The highest BCUT2D eigenvalue weighted by molar-refractivity contribution is 5.95. The molecule has 2 aliphatic heterocycles. The Kier molecular flexibility index (Phi) is 7.31. The van der Waals surface area contributed by atoms with Crippen LogP contribution in [0, 0.1) is 0 Å². The van der Waals surface area contributed by atoms with Gasteiger partial charge in [-0.25, -0.2) is 4.98 Å². The van der Waals surface area contributed by atoms with Crippen LogP contribution in [0.25, 0.3) is 22.2 Å².